The van der Waals surface area contributed by atoms with Gasteiger partial charge in [-0.2, -0.15) is 5.10 Å². The van der Waals surface area contributed by atoms with Gasteiger partial charge in [-0.05, 0) is 12.5 Å². The molecule has 0 spiro atoms. The number of nitrogens with zero attached hydrogens (tertiary/aromatic N) is 2. The Labute approximate surface area is 127 Å². The molecule has 0 aliphatic carbocycles. The van der Waals surface area contributed by atoms with Gasteiger partial charge < -0.3 is 0 Å². The van der Waals surface area contributed by atoms with E-state index in [1.807, 2.05) is 37.3 Å². The van der Waals surface area contributed by atoms with E-state index in [-0.39, 0.29) is 11.7 Å². The van der Waals surface area contributed by atoms with E-state index in [1.54, 1.807) is 0 Å². The largest absolute Gasteiger partial charge is 0.290 e. The van der Waals surface area contributed by atoms with Crippen LogP contribution in [-0.4, -0.2) is 19.3 Å². The second kappa shape index (κ2) is 5.96. The zero-order chi connectivity index (χ0) is 14.0. The number of halogens is 3. The Balaban J connectivity index is 2.44. The van der Waals surface area contributed by atoms with E-state index in [0.717, 1.165) is 11.8 Å². The molecule has 2 aromatic rings. The Kier molecular flexibility index (Phi) is 4.52. The molecule has 0 aliphatic rings. The fourth-order valence-electron chi connectivity index (χ4n) is 1.84. The van der Waals surface area contributed by atoms with Gasteiger partial charge in [-0.25, -0.2) is 4.39 Å². The van der Waals surface area contributed by atoms with Crippen LogP contribution >= 0.6 is 31.9 Å². The molecular weight excluding hydrogens is 379 g/mol. The number of carbonyl (C=O) groups is 1. The van der Waals surface area contributed by atoms with Gasteiger partial charge in [0.25, 0.3) is 0 Å². The third-order valence-electron chi connectivity index (χ3n) is 2.83. The Hall–Kier alpha value is -1.01. The lowest BCUT2D eigenvalue weighted by Crippen LogP contribution is -2.19. The van der Waals surface area contributed by atoms with Crippen LogP contribution in [0.5, 0.6) is 0 Å². The molecule has 6 heteroatoms. The quantitative estimate of drug-likeness (QED) is 0.586. The van der Waals surface area contributed by atoms with Crippen molar-refractivity contribution >= 4 is 37.6 Å². The smallest absolute Gasteiger partial charge is 0.208 e. The van der Waals surface area contributed by atoms with Gasteiger partial charge in [0.05, 0.1) is 12.2 Å². The summed E-state index contributed by atoms with van der Waals surface area (Å²) in [5, 5.41) is 3.97. The van der Waals surface area contributed by atoms with Crippen molar-refractivity contribution in [2.75, 3.05) is 0 Å². The highest BCUT2D eigenvalue weighted by Gasteiger charge is 2.25. The molecule has 0 unspecified atom stereocenters. The number of benzene rings is 1. The molecule has 0 aliphatic heterocycles. The molecule has 19 heavy (non-hydrogen) atoms. The van der Waals surface area contributed by atoms with E-state index >= 15 is 0 Å². The zero-order valence-corrected chi connectivity index (χ0v) is 13.2. The molecule has 1 heterocycles. The molecule has 0 fully saturated rings. The molecule has 1 atom stereocenters. The van der Waals surface area contributed by atoms with Crippen molar-refractivity contribution in [1.29, 1.82) is 0 Å². The summed E-state index contributed by atoms with van der Waals surface area (Å²) < 4.78 is 14.5. The van der Waals surface area contributed by atoms with Crippen LogP contribution in [0.2, 0.25) is 0 Å². The maximum atomic E-state index is 13.8. The van der Waals surface area contributed by atoms with Gasteiger partial charge in [0, 0.05) is 0 Å². The van der Waals surface area contributed by atoms with Crippen molar-refractivity contribution in [3.63, 3.8) is 0 Å². The molecule has 0 radical (unpaired) electrons. The summed E-state index contributed by atoms with van der Waals surface area (Å²) >= 11 is 6.19. The number of ketones is 1. The molecule has 1 aromatic carbocycles. The van der Waals surface area contributed by atoms with Crippen LogP contribution in [0.4, 0.5) is 4.39 Å². The second-order valence-electron chi connectivity index (χ2n) is 4.04. The first-order valence-electron chi connectivity index (χ1n) is 5.62. The fraction of sp³-hybridized carbons (Fsp3) is 0.231. The standard InChI is InChI=1S/C13H11Br2FN2O/c1-8(9-5-3-2-4-6-9)18-11(10(16)7-17-18)12(19)13(14)15/h2-8,13H,1H3/t8-/m1/s1. The first kappa shape index (κ1) is 14.4. The lowest BCUT2D eigenvalue weighted by Gasteiger charge is -2.15. The van der Waals surface area contributed by atoms with Crippen LogP contribution in [-0.2, 0) is 0 Å². The normalized spacial score (nSPS) is 12.7. The van der Waals surface area contributed by atoms with E-state index < -0.39 is 15.3 Å². The molecule has 0 N–H and O–H groups in total. The number of carbonyl (C=O) groups excluding carboxylic acids is 1. The van der Waals surface area contributed by atoms with Crippen LogP contribution < -0.4 is 0 Å². The third-order valence-corrected chi connectivity index (χ3v) is 3.66. The maximum absolute atomic E-state index is 13.8. The highest BCUT2D eigenvalue weighted by molar-refractivity contribution is 9.25. The first-order chi connectivity index (χ1) is 9.02. The summed E-state index contributed by atoms with van der Waals surface area (Å²) in [6.07, 6.45) is 1.06. The number of hydrogen-bond donors (Lipinski definition) is 0. The lowest BCUT2D eigenvalue weighted by molar-refractivity contribution is 0.0997. The van der Waals surface area contributed by atoms with E-state index in [1.165, 1.54) is 4.68 Å². The minimum Gasteiger partial charge on any atom is -0.290 e. The molecule has 0 saturated carbocycles. The predicted molar refractivity (Wildman–Crippen MR) is 78.4 cm³/mol. The van der Waals surface area contributed by atoms with Crippen molar-refractivity contribution < 1.29 is 9.18 Å². The van der Waals surface area contributed by atoms with Gasteiger partial charge in [-0.15, -0.1) is 0 Å². The Morgan fingerprint density at radius 3 is 2.53 bits per heavy atom. The molecule has 3 nitrogen and oxygen atoms in total. The van der Waals surface area contributed by atoms with E-state index in [0.29, 0.717) is 0 Å². The van der Waals surface area contributed by atoms with Crippen molar-refractivity contribution in [3.8, 4) is 0 Å². The second-order valence-corrected chi connectivity index (χ2v) is 7.10. The van der Waals surface area contributed by atoms with Crippen LogP contribution in [0, 0.1) is 5.82 Å². The number of rotatable bonds is 4. The Morgan fingerprint density at radius 2 is 1.95 bits per heavy atom. The number of Topliss-reactive ketones (excluding diaryl/α,β-unsaturated/α-hetero) is 1. The van der Waals surface area contributed by atoms with Gasteiger partial charge in [0.2, 0.25) is 5.78 Å². The van der Waals surface area contributed by atoms with E-state index in [4.69, 9.17) is 0 Å². The molecule has 0 amide bonds. The summed E-state index contributed by atoms with van der Waals surface area (Å²) in [6, 6.07) is 9.30. The first-order valence-corrected chi connectivity index (χ1v) is 7.45. The number of aromatic nitrogens is 2. The average molecular weight is 390 g/mol. The van der Waals surface area contributed by atoms with Gasteiger partial charge >= 0.3 is 0 Å². The molecule has 100 valence electrons. The number of alkyl halides is 2. The van der Waals surface area contributed by atoms with Crippen molar-refractivity contribution in [3.05, 3.63) is 53.6 Å². The molecule has 0 bridgehead atoms. The summed E-state index contributed by atoms with van der Waals surface area (Å²) in [5.41, 5.74) is 0.926. The van der Waals surface area contributed by atoms with Gasteiger partial charge in [0.15, 0.2) is 5.82 Å². The number of hydrogen-bond acceptors (Lipinski definition) is 2. The van der Waals surface area contributed by atoms with Crippen LogP contribution in [0.25, 0.3) is 0 Å². The fourth-order valence-corrected chi connectivity index (χ4v) is 2.28. The van der Waals surface area contributed by atoms with Gasteiger partial charge in [0.1, 0.15) is 9.43 Å². The monoisotopic (exact) mass is 388 g/mol. The van der Waals surface area contributed by atoms with Crippen LogP contribution in [0.15, 0.2) is 36.5 Å². The average Bonchev–Trinajstić information content (AvgIpc) is 2.79. The van der Waals surface area contributed by atoms with Crippen molar-refractivity contribution in [2.24, 2.45) is 0 Å². The third kappa shape index (κ3) is 2.95. The molecular formula is C13H11Br2FN2O. The highest BCUT2D eigenvalue weighted by Crippen LogP contribution is 2.24. The van der Waals surface area contributed by atoms with E-state index in [2.05, 4.69) is 37.0 Å². The summed E-state index contributed by atoms with van der Waals surface area (Å²) in [4.78, 5) is 12.0. The summed E-state index contributed by atoms with van der Waals surface area (Å²) in [6.45, 7) is 1.87. The highest BCUT2D eigenvalue weighted by atomic mass is 79.9. The summed E-state index contributed by atoms with van der Waals surface area (Å²) in [5.74, 6) is -1.01. The Morgan fingerprint density at radius 1 is 1.32 bits per heavy atom. The van der Waals surface area contributed by atoms with Crippen LogP contribution in [0.1, 0.15) is 29.0 Å². The molecule has 0 saturated heterocycles. The maximum Gasteiger partial charge on any atom is 0.208 e. The molecule has 1 aromatic heterocycles. The Bertz CT molecular complexity index is 584. The van der Waals surface area contributed by atoms with Crippen molar-refractivity contribution in [2.45, 2.75) is 16.7 Å². The van der Waals surface area contributed by atoms with E-state index in [9.17, 15) is 9.18 Å². The van der Waals surface area contributed by atoms with Gasteiger partial charge in [-0.1, -0.05) is 62.2 Å². The lowest BCUT2D eigenvalue weighted by atomic mass is 10.1. The van der Waals surface area contributed by atoms with Gasteiger partial charge in [-0.3, -0.25) is 9.48 Å². The van der Waals surface area contributed by atoms with Crippen LogP contribution in [0.3, 0.4) is 0 Å². The topological polar surface area (TPSA) is 34.9 Å². The predicted octanol–water partition coefficient (Wildman–Crippen LogP) is 3.93. The molecule has 2 rings (SSSR count). The van der Waals surface area contributed by atoms with Crippen molar-refractivity contribution in [1.82, 2.24) is 9.78 Å². The SMILES string of the molecule is C[C@H](c1ccccc1)n1ncc(F)c1C(=O)C(Br)Br. The zero-order valence-electron chi connectivity index (χ0n) is 10.1. The summed E-state index contributed by atoms with van der Waals surface area (Å²) in [7, 11) is 0. The minimum absolute atomic E-state index is 0.0323. The minimum atomic E-state index is -0.632.